The number of aryl methyl sites for hydroxylation is 2. The second-order valence-corrected chi connectivity index (χ2v) is 5.61. The van der Waals surface area contributed by atoms with Gasteiger partial charge in [0, 0.05) is 31.8 Å². The van der Waals surface area contributed by atoms with Crippen molar-refractivity contribution < 1.29 is 9.90 Å². The molecule has 0 saturated heterocycles. The van der Waals surface area contributed by atoms with Gasteiger partial charge in [0.1, 0.15) is 0 Å². The van der Waals surface area contributed by atoms with Gasteiger partial charge in [-0.3, -0.25) is 9.48 Å². The van der Waals surface area contributed by atoms with Gasteiger partial charge in [-0.15, -0.1) is 0 Å². The summed E-state index contributed by atoms with van der Waals surface area (Å²) in [6.07, 6.45) is 2.84. The van der Waals surface area contributed by atoms with Crippen LogP contribution in [0.5, 0.6) is 0 Å². The molecule has 0 unspecified atom stereocenters. The number of carbonyl (C=O) groups excluding carboxylic acids is 1. The van der Waals surface area contributed by atoms with Gasteiger partial charge in [-0.05, 0) is 32.3 Å². The Balaban J connectivity index is 2.04. The van der Waals surface area contributed by atoms with E-state index in [1.807, 2.05) is 20.0 Å². The van der Waals surface area contributed by atoms with E-state index in [2.05, 4.69) is 15.4 Å². The first kappa shape index (κ1) is 14.0. The summed E-state index contributed by atoms with van der Waals surface area (Å²) < 4.78 is 1.74. The van der Waals surface area contributed by atoms with Crippen LogP contribution < -0.4 is 5.32 Å². The number of aliphatic hydroxyl groups excluding tert-OH is 1. The van der Waals surface area contributed by atoms with Crippen molar-refractivity contribution >= 4 is 16.9 Å². The molecule has 2 aromatic heterocycles. The van der Waals surface area contributed by atoms with Crippen LogP contribution in [0.15, 0.2) is 6.07 Å². The number of pyridine rings is 1. The monoisotopic (exact) mass is 288 g/mol. The third kappa shape index (κ3) is 2.63. The fourth-order valence-electron chi connectivity index (χ4n) is 2.61. The third-order valence-corrected chi connectivity index (χ3v) is 3.85. The maximum Gasteiger partial charge on any atom is 0.252 e. The molecule has 2 N–H and O–H groups in total. The standard InChI is InChI=1S/C15H20N4O2/c1-9-13-11(15(21)16-6-3-7-20)8-12(10-4-5-10)17-14(13)19(2)18-9/h8,10,20H,3-7H2,1-2H3,(H,16,21). The number of amides is 1. The lowest BCUT2D eigenvalue weighted by Gasteiger charge is -2.08. The number of aliphatic hydroxyl groups is 1. The molecule has 21 heavy (non-hydrogen) atoms. The third-order valence-electron chi connectivity index (χ3n) is 3.85. The Morgan fingerprint density at radius 1 is 1.52 bits per heavy atom. The highest BCUT2D eigenvalue weighted by Crippen LogP contribution is 2.40. The molecule has 1 fully saturated rings. The minimum absolute atomic E-state index is 0.0747. The van der Waals surface area contributed by atoms with E-state index in [1.54, 1.807) is 4.68 Å². The van der Waals surface area contributed by atoms with E-state index in [-0.39, 0.29) is 12.5 Å². The van der Waals surface area contributed by atoms with Crippen LogP contribution in [-0.2, 0) is 7.05 Å². The largest absolute Gasteiger partial charge is 0.396 e. The molecule has 1 aliphatic carbocycles. The number of hydrogen-bond acceptors (Lipinski definition) is 4. The molecule has 0 spiro atoms. The van der Waals surface area contributed by atoms with E-state index in [4.69, 9.17) is 5.11 Å². The second-order valence-electron chi connectivity index (χ2n) is 5.61. The molecular weight excluding hydrogens is 268 g/mol. The lowest BCUT2D eigenvalue weighted by molar-refractivity contribution is 0.0952. The minimum atomic E-state index is -0.117. The summed E-state index contributed by atoms with van der Waals surface area (Å²) in [5, 5.41) is 16.9. The number of fused-ring (bicyclic) bond motifs is 1. The zero-order valence-electron chi connectivity index (χ0n) is 12.4. The Hall–Kier alpha value is -1.95. The molecule has 1 amide bonds. The summed E-state index contributed by atoms with van der Waals surface area (Å²) >= 11 is 0. The summed E-state index contributed by atoms with van der Waals surface area (Å²) in [7, 11) is 1.85. The van der Waals surface area contributed by atoms with Crippen molar-refractivity contribution in [2.24, 2.45) is 7.05 Å². The van der Waals surface area contributed by atoms with Crippen LogP contribution >= 0.6 is 0 Å². The van der Waals surface area contributed by atoms with E-state index < -0.39 is 0 Å². The van der Waals surface area contributed by atoms with Crippen LogP contribution in [0.4, 0.5) is 0 Å². The molecule has 0 radical (unpaired) electrons. The molecule has 0 bridgehead atoms. The van der Waals surface area contributed by atoms with Gasteiger partial charge in [0.05, 0.1) is 16.6 Å². The van der Waals surface area contributed by atoms with Crippen molar-refractivity contribution in [1.82, 2.24) is 20.1 Å². The quantitative estimate of drug-likeness (QED) is 0.812. The Kier molecular flexibility index (Phi) is 3.63. The van der Waals surface area contributed by atoms with Gasteiger partial charge >= 0.3 is 0 Å². The number of carbonyl (C=O) groups is 1. The Labute approximate surface area is 123 Å². The van der Waals surface area contributed by atoms with E-state index in [0.29, 0.717) is 24.4 Å². The minimum Gasteiger partial charge on any atom is -0.396 e. The van der Waals surface area contributed by atoms with Crippen molar-refractivity contribution in [2.45, 2.75) is 32.1 Å². The second kappa shape index (κ2) is 5.44. The lowest BCUT2D eigenvalue weighted by atomic mass is 10.1. The molecule has 1 saturated carbocycles. The van der Waals surface area contributed by atoms with Gasteiger partial charge in [-0.1, -0.05) is 0 Å². The first-order chi connectivity index (χ1) is 10.1. The maximum absolute atomic E-state index is 12.4. The van der Waals surface area contributed by atoms with Crippen molar-refractivity contribution in [3.05, 3.63) is 23.0 Å². The number of hydrogen-bond donors (Lipinski definition) is 2. The molecule has 3 rings (SSSR count). The molecule has 1 aliphatic rings. The molecular formula is C15H20N4O2. The Bertz CT molecular complexity index is 689. The average molecular weight is 288 g/mol. The summed E-state index contributed by atoms with van der Waals surface area (Å²) in [6.45, 7) is 2.44. The van der Waals surface area contributed by atoms with Crippen molar-refractivity contribution in [3.63, 3.8) is 0 Å². The van der Waals surface area contributed by atoms with Crippen LogP contribution in [0.2, 0.25) is 0 Å². The highest BCUT2D eigenvalue weighted by Gasteiger charge is 2.28. The van der Waals surface area contributed by atoms with Gasteiger partial charge in [-0.25, -0.2) is 4.98 Å². The summed E-state index contributed by atoms with van der Waals surface area (Å²) in [5.41, 5.74) is 3.21. The van der Waals surface area contributed by atoms with Crippen LogP contribution in [0, 0.1) is 6.92 Å². The van der Waals surface area contributed by atoms with Crippen LogP contribution in [0.25, 0.3) is 11.0 Å². The van der Waals surface area contributed by atoms with E-state index in [1.165, 1.54) is 0 Å². The van der Waals surface area contributed by atoms with E-state index in [0.717, 1.165) is 35.3 Å². The maximum atomic E-state index is 12.4. The zero-order chi connectivity index (χ0) is 15.0. The highest BCUT2D eigenvalue weighted by atomic mass is 16.3. The Morgan fingerprint density at radius 3 is 2.95 bits per heavy atom. The molecule has 112 valence electrons. The van der Waals surface area contributed by atoms with Crippen LogP contribution in [0.1, 0.15) is 46.9 Å². The fourth-order valence-corrected chi connectivity index (χ4v) is 2.61. The van der Waals surface area contributed by atoms with Crippen LogP contribution in [0.3, 0.4) is 0 Å². The van der Waals surface area contributed by atoms with Gasteiger partial charge in [-0.2, -0.15) is 5.10 Å². The number of nitrogens with zero attached hydrogens (tertiary/aromatic N) is 3. The summed E-state index contributed by atoms with van der Waals surface area (Å²) in [5.74, 6) is 0.363. The number of rotatable bonds is 5. The van der Waals surface area contributed by atoms with E-state index >= 15 is 0 Å². The highest BCUT2D eigenvalue weighted by molar-refractivity contribution is 6.06. The predicted molar refractivity (Wildman–Crippen MR) is 79.3 cm³/mol. The Morgan fingerprint density at radius 2 is 2.29 bits per heavy atom. The molecule has 2 heterocycles. The molecule has 6 nitrogen and oxygen atoms in total. The summed E-state index contributed by atoms with van der Waals surface area (Å²) in [6, 6.07) is 1.91. The fraction of sp³-hybridized carbons (Fsp3) is 0.533. The van der Waals surface area contributed by atoms with Gasteiger partial charge in [0.25, 0.3) is 5.91 Å². The molecule has 6 heteroatoms. The van der Waals surface area contributed by atoms with Crippen molar-refractivity contribution in [2.75, 3.05) is 13.2 Å². The van der Waals surface area contributed by atoms with Gasteiger partial charge in [0.15, 0.2) is 5.65 Å². The average Bonchev–Trinajstić information content (AvgIpc) is 3.26. The van der Waals surface area contributed by atoms with E-state index in [9.17, 15) is 4.79 Å². The topological polar surface area (TPSA) is 80.0 Å². The first-order valence-electron chi connectivity index (χ1n) is 7.35. The molecule has 0 atom stereocenters. The number of aromatic nitrogens is 3. The smallest absolute Gasteiger partial charge is 0.252 e. The normalized spacial score (nSPS) is 14.6. The van der Waals surface area contributed by atoms with Crippen LogP contribution in [-0.4, -0.2) is 38.9 Å². The van der Waals surface area contributed by atoms with Gasteiger partial charge < -0.3 is 10.4 Å². The molecule has 0 aromatic carbocycles. The molecule has 2 aromatic rings. The SMILES string of the molecule is Cc1nn(C)c2nc(C3CC3)cc(C(=O)NCCCO)c12. The predicted octanol–water partition coefficient (Wildman–Crippen LogP) is 1.27. The van der Waals surface area contributed by atoms with Crippen molar-refractivity contribution in [1.29, 1.82) is 0 Å². The van der Waals surface area contributed by atoms with Gasteiger partial charge in [0.2, 0.25) is 0 Å². The van der Waals surface area contributed by atoms with Crippen molar-refractivity contribution in [3.8, 4) is 0 Å². The number of nitrogens with one attached hydrogen (secondary N) is 1. The zero-order valence-corrected chi connectivity index (χ0v) is 12.4. The lowest BCUT2D eigenvalue weighted by Crippen LogP contribution is -2.25. The summed E-state index contributed by atoms with van der Waals surface area (Å²) in [4.78, 5) is 17.1. The first-order valence-corrected chi connectivity index (χ1v) is 7.35. The molecule has 0 aliphatic heterocycles.